The minimum atomic E-state index is -5.58. The Morgan fingerprint density at radius 1 is 0.735 bits per heavy atom. The van der Waals surface area contributed by atoms with Gasteiger partial charge in [-0.15, -0.1) is 0 Å². The maximum atomic E-state index is 12.8. The lowest BCUT2D eigenvalue weighted by molar-refractivity contribution is -0.137. The van der Waals surface area contributed by atoms with Gasteiger partial charge in [-0.25, -0.2) is 28.6 Å². The number of nitrogens with one attached hydrogen (secondary N) is 2. The average Bonchev–Trinajstić information content (AvgIpc) is 2.22. The number of unbranched alkanes of at least 4 members (excludes halogenated alkanes) is 18. The van der Waals surface area contributed by atoms with Crippen molar-refractivity contribution in [1.82, 2.24) is 30.2 Å². The van der Waals surface area contributed by atoms with Crippen molar-refractivity contribution >= 4 is 69.1 Å². The Hall–Kier alpha value is -3.48. The molecule has 2 aromatic heterocycles. The van der Waals surface area contributed by atoms with E-state index >= 15 is 0 Å². The number of ether oxygens (including phenoxy) is 1. The molecule has 0 saturated carbocycles. The summed E-state index contributed by atoms with van der Waals surface area (Å²) in [7, 11) is -16.4. The molecule has 3 heterocycles. The fraction of sp³-hybridized carbons (Fsp3) is 0.709. The largest absolute Gasteiger partial charge is 0.481 e. The van der Waals surface area contributed by atoms with E-state index < -0.39 is 84.6 Å². The molecular formula is C55H94N7O17P3S. The maximum absolute atomic E-state index is 12.8. The molecule has 0 radical (unpaired) electrons. The summed E-state index contributed by atoms with van der Waals surface area (Å²) in [6.07, 6.45) is 39.6. The van der Waals surface area contributed by atoms with Crippen molar-refractivity contribution in [3.8, 4) is 0 Å². The second kappa shape index (κ2) is 40.8. The molecule has 1 aliphatic heterocycles. The van der Waals surface area contributed by atoms with Crippen LogP contribution < -0.4 is 16.4 Å². The first-order chi connectivity index (χ1) is 39.6. The van der Waals surface area contributed by atoms with Gasteiger partial charge in [-0.1, -0.05) is 177 Å². The number of phosphoric acid groups is 3. The van der Waals surface area contributed by atoms with Crippen LogP contribution in [0.1, 0.15) is 188 Å². The molecule has 3 rings (SSSR count). The van der Waals surface area contributed by atoms with Crippen LogP contribution in [-0.2, 0) is 50.7 Å². The zero-order valence-electron chi connectivity index (χ0n) is 48.7. The van der Waals surface area contributed by atoms with E-state index in [-0.39, 0.29) is 41.6 Å². The molecule has 10 N–H and O–H groups in total. The minimum absolute atomic E-state index is 0.0334. The predicted octanol–water partition coefficient (Wildman–Crippen LogP) is 10.3. The number of rotatable bonds is 47. The lowest BCUT2D eigenvalue weighted by Gasteiger charge is -2.30. The van der Waals surface area contributed by atoms with Crippen LogP contribution in [-0.4, -0.2) is 123 Å². The fourth-order valence-electron chi connectivity index (χ4n) is 8.76. The number of aliphatic hydroxyl groups is 2. The molecule has 28 heteroatoms. The minimum Gasteiger partial charge on any atom is -0.386 e. The van der Waals surface area contributed by atoms with E-state index in [0.717, 1.165) is 67.5 Å². The van der Waals surface area contributed by atoms with Gasteiger partial charge >= 0.3 is 23.5 Å². The standard InChI is InChI=1S/C55H94N7O17P3S/c1-4-5-6-7-8-9-10-11-12-13-14-15-16-17-18-19-20-21-22-23-24-25-26-27-28-29-30-31-32-33-34-35-46(64)83-39-38-57-45(63)36-37-58-53(67)50(66)55(2,3)41-76-82(73,74)79-81(71,72)75-40-44-49(78-80(68,69)70)48(65)54(77-44)62-43-61-47-51(56)59-42-60-52(47)62/h8-9,11-12,14-15,17-18,42-44,48-50,54,65-66H,4-7,10,13,16,19-41H2,1-3H3,(H,57,63)(H,58,67)(H,71,72)(H,73,74)(H2,56,59,60)(H2,68,69,70)/b9-8-,12-11-,15-14-,18-17-/t44-,48-,49-,50+,54-/m1/s1. The van der Waals surface area contributed by atoms with Crippen molar-refractivity contribution in [2.45, 2.75) is 212 Å². The normalized spacial score (nSPS) is 18.9. The molecule has 0 spiro atoms. The van der Waals surface area contributed by atoms with Gasteiger partial charge in [-0.3, -0.25) is 32.5 Å². The first kappa shape index (κ1) is 73.8. The van der Waals surface area contributed by atoms with Crippen LogP contribution in [0.3, 0.4) is 0 Å². The number of nitrogen functional groups attached to an aromatic ring is 1. The Labute approximate surface area is 494 Å². The molecule has 83 heavy (non-hydrogen) atoms. The molecule has 1 fully saturated rings. The highest BCUT2D eigenvalue weighted by Crippen LogP contribution is 2.61. The second-order valence-electron chi connectivity index (χ2n) is 21.2. The van der Waals surface area contributed by atoms with E-state index in [9.17, 15) is 57.9 Å². The molecule has 1 aliphatic rings. The molecule has 2 aromatic rings. The maximum Gasteiger partial charge on any atom is 0.481 e. The third kappa shape index (κ3) is 32.2. The SMILES string of the molecule is CCCCC/C=C\C/C=C\C/C=C\C/C=C\CCCCCCCCCCCCCCCCCC(=O)SCCNC(=O)CCNC(=O)[C@H](O)C(C)(C)COP(=O)(O)OP(=O)(O)OC[C@H]1O[C@@H](n2cnc3c(N)ncnc32)[C@H](O)[C@@H]1OP(=O)(O)O. The zero-order valence-corrected chi connectivity index (χ0v) is 52.2. The number of aromatic nitrogens is 4. The molecule has 0 aliphatic carbocycles. The first-order valence-electron chi connectivity index (χ1n) is 29.2. The van der Waals surface area contributed by atoms with Crippen molar-refractivity contribution in [3.63, 3.8) is 0 Å². The fourth-order valence-corrected chi connectivity index (χ4v) is 12.3. The van der Waals surface area contributed by atoms with Crippen LogP contribution >= 0.6 is 35.2 Å². The number of nitrogens with zero attached hydrogens (tertiary/aromatic N) is 4. The quantitative estimate of drug-likeness (QED) is 0.0169. The van der Waals surface area contributed by atoms with Crippen molar-refractivity contribution < 1.29 is 80.5 Å². The average molecular weight is 1250 g/mol. The molecule has 0 bridgehead atoms. The van der Waals surface area contributed by atoms with Crippen LogP contribution in [0.2, 0.25) is 0 Å². The van der Waals surface area contributed by atoms with Crippen molar-refractivity contribution in [2.24, 2.45) is 5.41 Å². The van der Waals surface area contributed by atoms with Crippen LogP contribution in [0.25, 0.3) is 11.2 Å². The van der Waals surface area contributed by atoms with Crippen LogP contribution in [0.15, 0.2) is 61.3 Å². The van der Waals surface area contributed by atoms with E-state index in [1.807, 2.05) is 0 Å². The number of amides is 2. The van der Waals surface area contributed by atoms with Gasteiger partial charge in [-0.05, 0) is 51.4 Å². The summed E-state index contributed by atoms with van der Waals surface area (Å²) in [6, 6.07) is 0. The van der Waals surface area contributed by atoms with Gasteiger partial charge in [0, 0.05) is 37.1 Å². The number of imidazole rings is 1. The summed E-state index contributed by atoms with van der Waals surface area (Å²) in [5, 5.41) is 26.8. The van der Waals surface area contributed by atoms with Gasteiger partial charge in [0.2, 0.25) is 11.8 Å². The number of carbonyl (C=O) groups is 3. The van der Waals surface area contributed by atoms with Crippen LogP contribution in [0.4, 0.5) is 5.82 Å². The Balaban J connectivity index is 1.14. The summed E-state index contributed by atoms with van der Waals surface area (Å²) in [4.78, 5) is 88.8. The lowest BCUT2D eigenvalue weighted by atomic mass is 9.87. The Bertz CT molecular complexity index is 2480. The zero-order chi connectivity index (χ0) is 61.0. The van der Waals surface area contributed by atoms with Crippen LogP contribution in [0, 0.1) is 5.41 Å². The van der Waals surface area contributed by atoms with E-state index in [0.29, 0.717) is 12.2 Å². The van der Waals surface area contributed by atoms with Gasteiger partial charge in [0.25, 0.3) is 0 Å². The molecule has 2 amide bonds. The summed E-state index contributed by atoms with van der Waals surface area (Å²) in [5.41, 5.74) is 4.30. The molecule has 0 aromatic carbocycles. The number of allylic oxidation sites excluding steroid dienone is 8. The van der Waals surface area contributed by atoms with Crippen LogP contribution in [0.5, 0.6) is 0 Å². The van der Waals surface area contributed by atoms with Crippen molar-refractivity contribution in [1.29, 1.82) is 0 Å². The number of hydrogen-bond donors (Lipinski definition) is 9. The molecule has 7 atom stereocenters. The number of anilines is 1. The van der Waals surface area contributed by atoms with Gasteiger partial charge in [0.05, 0.1) is 19.5 Å². The number of fused-ring (bicyclic) bond motifs is 1. The molecule has 2 unspecified atom stereocenters. The van der Waals surface area contributed by atoms with E-state index in [1.165, 1.54) is 123 Å². The van der Waals surface area contributed by atoms with Crippen molar-refractivity contribution in [3.05, 3.63) is 61.3 Å². The molecule has 1 saturated heterocycles. The Morgan fingerprint density at radius 2 is 1.27 bits per heavy atom. The summed E-state index contributed by atoms with van der Waals surface area (Å²) in [5.74, 6) is -1.02. The molecule has 24 nitrogen and oxygen atoms in total. The Morgan fingerprint density at radius 3 is 1.83 bits per heavy atom. The molecular weight excluding hydrogens is 1160 g/mol. The Kier molecular flexibility index (Phi) is 36.3. The van der Waals surface area contributed by atoms with E-state index in [2.05, 4.69) is 90.0 Å². The van der Waals surface area contributed by atoms with Gasteiger partial charge in [-0.2, -0.15) is 4.31 Å². The highest BCUT2D eigenvalue weighted by atomic mass is 32.2. The highest BCUT2D eigenvalue weighted by Gasteiger charge is 2.50. The number of phosphoric ester groups is 3. The number of carbonyl (C=O) groups excluding carboxylic acids is 3. The van der Waals surface area contributed by atoms with Gasteiger partial charge < -0.3 is 50.9 Å². The third-order valence-corrected chi connectivity index (χ3v) is 17.5. The summed E-state index contributed by atoms with van der Waals surface area (Å²) < 4.78 is 62.6. The first-order valence-corrected chi connectivity index (χ1v) is 34.7. The topological polar surface area (TPSA) is 364 Å². The monoisotopic (exact) mass is 1250 g/mol. The molecule has 472 valence electrons. The van der Waals surface area contributed by atoms with Gasteiger partial charge in [0.1, 0.15) is 36.3 Å². The smallest absolute Gasteiger partial charge is 0.386 e. The van der Waals surface area contributed by atoms with Crippen molar-refractivity contribution in [2.75, 3.05) is 37.8 Å². The lowest BCUT2D eigenvalue weighted by Crippen LogP contribution is -2.46. The van der Waals surface area contributed by atoms with E-state index in [1.54, 1.807) is 0 Å². The third-order valence-electron chi connectivity index (χ3n) is 13.5. The van der Waals surface area contributed by atoms with E-state index in [4.69, 9.17) is 19.5 Å². The number of nitrogens with two attached hydrogens (primary N) is 1. The second-order valence-corrected chi connectivity index (χ2v) is 26.6. The number of thioether (sulfide) groups is 1. The highest BCUT2D eigenvalue weighted by molar-refractivity contribution is 8.13. The van der Waals surface area contributed by atoms with Gasteiger partial charge in [0.15, 0.2) is 22.8 Å². The summed E-state index contributed by atoms with van der Waals surface area (Å²) >= 11 is 1.16. The number of aliphatic hydroxyl groups excluding tert-OH is 2. The summed E-state index contributed by atoms with van der Waals surface area (Å²) in [6.45, 7) is 2.82. The number of hydrogen-bond acceptors (Lipinski definition) is 18. The predicted molar refractivity (Wildman–Crippen MR) is 320 cm³/mol.